The number of likely N-dealkylation sites (tertiary alicyclic amines) is 1. The summed E-state index contributed by atoms with van der Waals surface area (Å²) in [7, 11) is 0. The highest BCUT2D eigenvalue weighted by Gasteiger charge is 2.47. The molecule has 21 heavy (non-hydrogen) atoms. The minimum atomic E-state index is -1.18. The van der Waals surface area contributed by atoms with Crippen LogP contribution in [0.1, 0.15) is 26.7 Å². The molecule has 5 nitrogen and oxygen atoms in total. The van der Waals surface area contributed by atoms with E-state index >= 15 is 0 Å². The Morgan fingerprint density at radius 3 is 2.52 bits per heavy atom. The van der Waals surface area contributed by atoms with Crippen molar-refractivity contribution in [3.8, 4) is 0 Å². The molecule has 2 amide bonds. The number of carbonyl (C=O) groups is 2. The first kappa shape index (κ1) is 15.3. The summed E-state index contributed by atoms with van der Waals surface area (Å²) in [5.41, 5.74) is -0.617. The monoisotopic (exact) mass is 294 g/mol. The number of hydrogen-bond donors (Lipinski definition) is 1. The Morgan fingerprint density at radius 2 is 2.00 bits per heavy atom. The van der Waals surface area contributed by atoms with Gasteiger partial charge in [0.25, 0.3) is 0 Å². The zero-order valence-corrected chi connectivity index (χ0v) is 12.2. The molecule has 1 N–H and O–H groups in total. The zero-order valence-electron chi connectivity index (χ0n) is 12.2. The number of benzene rings is 1. The predicted octanol–water partition coefficient (Wildman–Crippen LogP) is 2.71. The van der Waals surface area contributed by atoms with Gasteiger partial charge in [0.1, 0.15) is 11.4 Å². The van der Waals surface area contributed by atoms with E-state index in [9.17, 15) is 19.1 Å². The van der Waals surface area contributed by atoms with Crippen LogP contribution in [0.2, 0.25) is 0 Å². The first-order valence-corrected chi connectivity index (χ1v) is 6.98. The van der Waals surface area contributed by atoms with E-state index in [-0.39, 0.29) is 11.8 Å². The van der Waals surface area contributed by atoms with E-state index in [2.05, 4.69) is 0 Å². The molecule has 1 heterocycles. The molecule has 1 aliphatic rings. The largest absolute Gasteiger partial charge is 0.480 e. The maximum atomic E-state index is 13.0. The number of anilines is 1. The molecule has 6 heteroatoms. The number of hydrogen-bond acceptors (Lipinski definition) is 2. The second-order valence-electron chi connectivity index (χ2n) is 5.34. The van der Waals surface area contributed by atoms with Crippen molar-refractivity contribution < 1.29 is 19.1 Å². The Bertz CT molecular complexity index is 546. The van der Waals surface area contributed by atoms with Gasteiger partial charge in [0.15, 0.2) is 0 Å². The van der Waals surface area contributed by atoms with Gasteiger partial charge in [-0.05, 0) is 51.0 Å². The number of nitrogens with zero attached hydrogens (tertiary/aromatic N) is 2. The van der Waals surface area contributed by atoms with Crippen molar-refractivity contribution in [3.63, 3.8) is 0 Å². The van der Waals surface area contributed by atoms with Gasteiger partial charge < -0.3 is 10.0 Å². The van der Waals surface area contributed by atoms with E-state index in [1.54, 1.807) is 13.8 Å². The molecule has 0 bridgehead atoms. The van der Waals surface area contributed by atoms with Crippen LogP contribution in [0, 0.1) is 5.82 Å². The Kier molecular flexibility index (Phi) is 4.16. The second kappa shape index (κ2) is 5.71. The average molecular weight is 294 g/mol. The fourth-order valence-corrected chi connectivity index (χ4v) is 2.69. The van der Waals surface area contributed by atoms with E-state index in [1.165, 1.54) is 34.1 Å². The summed E-state index contributed by atoms with van der Waals surface area (Å²) in [6.45, 7) is 4.17. The highest BCUT2D eigenvalue weighted by atomic mass is 19.1. The number of carbonyl (C=O) groups excluding carboxylic acids is 1. The maximum Gasteiger partial charge on any atom is 0.329 e. The van der Waals surface area contributed by atoms with Crippen molar-refractivity contribution in [3.05, 3.63) is 30.1 Å². The lowest BCUT2D eigenvalue weighted by atomic mass is 10.00. The molecule has 0 aliphatic carbocycles. The van der Waals surface area contributed by atoms with Gasteiger partial charge in [0.2, 0.25) is 0 Å². The summed E-state index contributed by atoms with van der Waals surface area (Å²) in [4.78, 5) is 27.0. The lowest BCUT2D eigenvalue weighted by Crippen LogP contribution is -2.55. The minimum absolute atomic E-state index is 0.355. The third-order valence-electron chi connectivity index (χ3n) is 4.02. The van der Waals surface area contributed by atoms with Crippen LogP contribution in [0.25, 0.3) is 0 Å². The fourth-order valence-electron chi connectivity index (χ4n) is 2.69. The minimum Gasteiger partial charge on any atom is -0.480 e. The van der Waals surface area contributed by atoms with E-state index in [1.807, 2.05) is 0 Å². The second-order valence-corrected chi connectivity index (χ2v) is 5.34. The third-order valence-corrected chi connectivity index (χ3v) is 4.02. The molecule has 0 aromatic heterocycles. The maximum absolute atomic E-state index is 13.0. The van der Waals surface area contributed by atoms with Crippen LogP contribution in [0.4, 0.5) is 14.9 Å². The lowest BCUT2D eigenvalue weighted by molar-refractivity contribution is -0.147. The van der Waals surface area contributed by atoms with Gasteiger partial charge in [-0.25, -0.2) is 14.0 Å². The third kappa shape index (κ3) is 2.70. The van der Waals surface area contributed by atoms with Crippen molar-refractivity contribution in [2.75, 3.05) is 18.0 Å². The van der Waals surface area contributed by atoms with Gasteiger partial charge in [-0.2, -0.15) is 0 Å². The predicted molar refractivity (Wildman–Crippen MR) is 76.8 cm³/mol. The first-order chi connectivity index (χ1) is 9.90. The Hall–Kier alpha value is -2.11. The summed E-state index contributed by atoms with van der Waals surface area (Å²) < 4.78 is 13.0. The van der Waals surface area contributed by atoms with E-state index in [0.717, 1.165) is 0 Å². The van der Waals surface area contributed by atoms with Crippen molar-refractivity contribution >= 4 is 17.7 Å². The van der Waals surface area contributed by atoms with E-state index in [0.29, 0.717) is 31.6 Å². The number of aliphatic carboxylic acids is 1. The molecule has 1 aliphatic heterocycles. The summed E-state index contributed by atoms with van der Waals surface area (Å²) in [6, 6.07) is 5.25. The number of carboxylic acid groups (broad SMARTS) is 1. The fraction of sp³-hybridized carbons (Fsp3) is 0.467. The van der Waals surface area contributed by atoms with Crippen molar-refractivity contribution in [1.29, 1.82) is 0 Å². The summed E-state index contributed by atoms with van der Waals surface area (Å²) in [5.74, 6) is -1.37. The highest BCUT2D eigenvalue weighted by Crippen LogP contribution is 2.31. The normalized spacial score (nSPS) is 21.4. The van der Waals surface area contributed by atoms with Crippen LogP contribution in [-0.4, -0.2) is 40.6 Å². The smallest absolute Gasteiger partial charge is 0.329 e. The van der Waals surface area contributed by atoms with Gasteiger partial charge in [-0.15, -0.1) is 0 Å². The molecule has 0 spiro atoms. The van der Waals surface area contributed by atoms with Gasteiger partial charge >= 0.3 is 12.0 Å². The number of rotatable bonds is 3. The van der Waals surface area contributed by atoms with Crippen molar-refractivity contribution in [1.82, 2.24) is 4.90 Å². The Morgan fingerprint density at radius 1 is 1.38 bits per heavy atom. The van der Waals surface area contributed by atoms with Crippen LogP contribution in [-0.2, 0) is 4.79 Å². The molecule has 1 atom stereocenters. The van der Waals surface area contributed by atoms with Crippen molar-refractivity contribution in [2.45, 2.75) is 32.2 Å². The summed E-state index contributed by atoms with van der Waals surface area (Å²) >= 11 is 0. The molecular weight excluding hydrogens is 275 g/mol. The van der Waals surface area contributed by atoms with Gasteiger partial charge in [0.05, 0.1) is 0 Å². The molecular formula is C15H19FN2O3. The highest BCUT2D eigenvalue weighted by molar-refractivity contribution is 5.96. The Balaban J connectivity index is 2.28. The van der Waals surface area contributed by atoms with E-state index < -0.39 is 11.5 Å². The number of halogens is 1. The number of urea groups is 1. The lowest BCUT2D eigenvalue weighted by Gasteiger charge is -2.35. The summed E-state index contributed by atoms with van der Waals surface area (Å²) in [5, 5.41) is 9.39. The Labute approximate surface area is 123 Å². The SMILES string of the molecule is CCN(C(=O)N1CCCC1(C)C(=O)O)c1ccc(F)cc1. The molecule has 114 valence electrons. The van der Waals surface area contributed by atoms with Gasteiger partial charge in [0, 0.05) is 18.8 Å². The molecule has 2 rings (SSSR count). The van der Waals surface area contributed by atoms with Crippen LogP contribution >= 0.6 is 0 Å². The molecule has 1 unspecified atom stereocenters. The number of amides is 2. The first-order valence-electron chi connectivity index (χ1n) is 6.98. The van der Waals surface area contributed by atoms with E-state index in [4.69, 9.17) is 0 Å². The molecule has 0 saturated carbocycles. The van der Waals surface area contributed by atoms with Crippen LogP contribution in [0.3, 0.4) is 0 Å². The molecule has 0 radical (unpaired) electrons. The molecule has 1 aromatic rings. The van der Waals surface area contributed by atoms with Crippen LogP contribution in [0.15, 0.2) is 24.3 Å². The average Bonchev–Trinajstić information content (AvgIpc) is 2.85. The van der Waals surface area contributed by atoms with Gasteiger partial charge in [-0.1, -0.05) is 0 Å². The van der Waals surface area contributed by atoms with Crippen molar-refractivity contribution in [2.24, 2.45) is 0 Å². The van der Waals surface area contributed by atoms with Crippen LogP contribution < -0.4 is 4.90 Å². The molecule has 1 saturated heterocycles. The zero-order chi connectivity index (χ0) is 15.6. The number of carboxylic acids is 1. The quantitative estimate of drug-likeness (QED) is 0.932. The van der Waals surface area contributed by atoms with Crippen LogP contribution in [0.5, 0.6) is 0 Å². The standard InChI is InChI=1S/C15H19FN2O3/c1-3-17(12-7-5-11(16)6-8-12)14(21)18-10-4-9-15(18,2)13(19)20/h5-8H,3-4,9-10H2,1-2H3,(H,19,20). The topological polar surface area (TPSA) is 60.9 Å². The molecule has 1 fully saturated rings. The molecule has 1 aromatic carbocycles. The summed E-state index contributed by atoms with van der Waals surface area (Å²) in [6.07, 6.45) is 1.10. The van der Waals surface area contributed by atoms with Gasteiger partial charge in [-0.3, -0.25) is 4.90 Å².